The Kier molecular flexibility index (Phi) is 5.80. The first kappa shape index (κ1) is 17.0. The zero-order valence-corrected chi connectivity index (χ0v) is 14.9. The Morgan fingerprint density at radius 2 is 1.91 bits per heavy atom. The molecule has 0 nitrogen and oxygen atoms in total. The maximum Gasteiger partial charge on any atom is 0.142 e. The molecule has 2 aliphatic rings. The minimum absolute atomic E-state index is 0.240. The van der Waals surface area contributed by atoms with Crippen LogP contribution in [-0.4, -0.2) is 0 Å². The second-order valence-electron chi connectivity index (χ2n) is 7.53. The van der Waals surface area contributed by atoms with Gasteiger partial charge < -0.3 is 0 Å². The molecule has 2 saturated carbocycles. The zero-order valence-electron chi connectivity index (χ0n) is 14.1. The number of hydrogen-bond acceptors (Lipinski definition) is 0. The van der Waals surface area contributed by atoms with Gasteiger partial charge in [-0.3, -0.25) is 0 Å². The predicted molar refractivity (Wildman–Crippen MR) is 96.4 cm³/mol. The van der Waals surface area contributed by atoms with Crippen molar-refractivity contribution in [3.63, 3.8) is 0 Å². The van der Waals surface area contributed by atoms with Crippen molar-refractivity contribution >= 4 is 11.6 Å². The molecule has 2 fully saturated rings. The lowest BCUT2D eigenvalue weighted by Crippen LogP contribution is -2.30. The van der Waals surface area contributed by atoms with Crippen LogP contribution in [0.1, 0.15) is 69.8 Å². The van der Waals surface area contributed by atoms with Crippen LogP contribution in [0.3, 0.4) is 0 Å². The monoisotopic (exact) mass is 334 g/mol. The molecule has 0 bridgehead atoms. The first-order valence-corrected chi connectivity index (χ1v) is 9.61. The van der Waals surface area contributed by atoms with Gasteiger partial charge in [-0.1, -0.05) is 36.2 Å². The largest absolute Gasteiger partial charge is 0.205 e. The van der Waals surface area contributed by atoms with Gasteiger partial charge >= 0.3 is 0 Å². The zero-order chi connectivity index (χ0) is 16.2. The van der Waals surface area contributed by atoms with Gasteiger partial charge in [0, 0.05) is 0 Å². The molecule has 0 N–H and O–H groups in total. The molecule has 4 atom stereocenters. The Balaban J connectivity index is 1.57. The van der Waals surface area contributed by atoms with Crippen molar-refractivity contribution in [2.75, 3.05) is 0 Å². The molecule has 2 heteroatoms. The molecule has 126 valence electrons. The first-order valence-electron chi connectivity index (χ1n) is 9.23. The van der Waals surface area contributed by atoms with E-state index in [4.69, 9.17) is 11.6 Å². The Labute approximate surface area is 145 Å². The van der Waals surface area contributed by atoms with Crippen molar-refractivity contribution < 1.29 is 4.39 Å². The smallest absolute Gasteiger partial charge is 0.142 e. The van der Waals surface area contributed by atoms with Gasteiger partial charge in [0.25, 0.3) is 0 Å². The summed E-state index contributed by atoms with van der Waals surface area (Å²) in [5.74, 6) is 2.96. The molecule has 0 aliphatic heterocycles. The van der Waals surface area contributed by atoms with Crippen LogP contribution in [0.25, 0.3) is 0 Å². The van der Waals surface area contributed by atoms with Gasteiger partial charge in [0.2, 0.25) is 0 Å². The lowest BCUT2D eigenvalue weighted by Gasteiger charge is -2.42. The number of rotatable bonds is 4. The number of benzene rings is 1. The number of allylic oxidation sites excluding steroid dienone is 2. The third kappa shape index (κ3) is 4.18. The summed E-state index contributed by atoms with van der Waals surface area (Å²) in [4.78, 5) is 0. The van der Waals surface area contributed by atoms with E-state index in [1.54, 1.807) is 12.1 Å². The fourth-order valence-electron chi connectivity index (χ4n) is 4.82. The molecule has 0 saturated heterocycles. The third-order valence-electron chi connectivity index (χ3n) is 6.11. The lowest BCUT2D eigenvalue weighted by atomic mass is 9.63. The second-order valence-corrected chi connectivity index (χ2v) is 7.94. The van der Waals surface area contributed by atoms with E-state index in [0.717, 1.165) is 23.3 Å². The summed E-state index contributed by atoms with van der Waals surface area (Å²) in [6.45, 7) is 2.11. The van der Waals surface area contributed by atoms with Gasteiger partial charge in [0.05, 0.1) is 5.02 Å². The molecular formula is C21H28ClF. The molecular weight excluding hydrogens is 307 g/mol. The SMILES string of the molecule is C/C=C/CCC1CCC2CC(c3ccc(Cl)c(F)c3)CCC2C1. The van der Waals surface area contributed by atoms with Crippen molar-refractivity contribution in [2.45, 2.75) is 64.2 Å². The topological polar surface area (TPSA) is 0 Å². The fourth-order valence-corrected chi connectivity index (χ4v) is 4.93. The van der Waals surface area contributed by atoms with E-state index in [0.29, 0.717) is 5.92 Å². The third-order valence-corrected chi connectivity index (χ3v) is 6.42. The fraction of sp³-hybridized carbons (Fsp3) is 0.619. The van der Waals surface area contributed by atoms with E-state index in [9.17, 15) is 4.39 Å². The maximum absolute atomic E-state index is 13.7. The van der Waals surface area contributed by atoms with Crippen molar-refractivity contribution in [3.8, 4) is 0 Å². The summed E-state index contributed by atoms with van der Waals surface area (Å²) in [7, 11) is 0. The summed E-state index contributed by atoms with van der Waals surface area (Å²) in [6.07, 6.45) is 15.0. The van der Waals surface area contributed by atoms with Gasteiger partial charge in [0.15, 0.2) is 0 Å². The average Bonchev–Trinajstić information content (AvgIpc) is 2.57. The molecule has 1 aromatic rings. The van der Waals surface area contributed by atoms with Crippen LogP contribution in [0, 0.1) is 23.6 Å². The lowest BCUT2D eigenvalue weighted by molar-refractivity contribution is 0.115. The quantitative estimate of drug-likeness (QED) is 0.513. The van der Waals surface area contributed by atoms with Gasteiger partial charge in [0.1, 0.15) is 5.82 Å². The van der Waals surface area contributed by atoms with Crippen molar-refractivity contribution in [1.82, 2.24) is 0 Å². The standard InChI is InChI=1S/C21H28ClF/c1-2-3-4-5-15-6-7-17-13-18(9-8-16(17)12-15)19-10-11-20(22)21(23)14-19/h2-3,10-11,14-18H,4-9,12-13H2,1H3/b3-2+. The Bertz CT molecular complexity index is 551. The highest BCUT2D eigenvalue weighted by atomic mass is 35.5. The van der Waals surface area contributed by atoms with Gasteiger partial charge in [-0.25, -0.2) is 4.39 Å². The summed E-state index contributed by atoms with van der Waals surface area (Å²) in [6, 6.07) is 5.41. The predicted octanol–water partition coefficient (Wildman–Crippen LogP) is 7.14. The Hall–Kier alpha value is -0.820. The van der Waals surface area contributed by atoms with Crippen molar-refractivity contribution in [1.29, 1.82) is 0 Å². The molecule has 0 radical (unpaired) electrons. The highest BCUT2D eigenvalue weighted by molar-refractivity contribution is 6.30. The van der Waals surface area contributed by atoms with E-state index in [2.05, 4.69) is 19.1 Å². The second kappa shape index (κ2) is 7.83. The summed E-state index contributed by atoms with van der Waals surface area (Å²) in [5, 5.41) is 0.240. The van der Waals surface area contributed by atoms with Crippen molar-refractivity contribution in [2.24, 2.45) is 17.8 Å². The van der Waals surface area contributed by atoms with Crippen LogP contribution < -0.4 is 0 Å². The summed E-state index contributed by atoms with van der Waals surface area (Å²) in [5.41, 5.74) is 1.15. The van der Waals surface area contributed by atoms with E-state index < -0.39 is 0 Å². The van der Waals surface area contributed by atoms with Gasteiger partial charge in [-0.15, -0.1) is 0 Å². The van der Waals surface area contributed by atoms with Crippen LogP contribution in [0.2, 0.25) is 5.02 Å². The van der Waals surface area contributed by atoms with E-state index >= 15 is 0 Å². The Morgan fingerprint density at radius 1 is 1.13 bits per heavy atom. The summed E-state index contributed by atoms with van der Waals surface area (Å²) < 4.78 is 13.7. The van der Waals surface area contributed by atoms with Crippen LogP contribution in [0.4, 0.5) is 4.39 Å². The number of fused-ring (bicyclic) bond motifs is 1. The number of halogens is 2. The van der Waals surface area contributed by atoms with Crippen molar-refractivity contribution in [3.05, 3.63) is 46.8 Å². The Morgan fingerprint density at radius 3 is 2.70 bits per heavy atom. The number of hydrogen-bond donors (Lipinski definition) is 0. The molecule has 3 rings (SSSR count). The first-order chi connectivity index (χ1) is 11.2. The molecule has 1 aromatic carbocycles. The van der Waals surface area contributed by atoms with E-state index in [1.165, 1.54) is 51.4 Å². The molecule has 0 spiro atoms. The normalized spacial score (nSPS) is 31.3. The van der Waals surface area contributed by atoms with Gasteiger partial charge in [-0.05, 0) is 93.2 Å². The highest BCUT2D eigenvalue weighted by Crippen LogP contribution is 2.48. The van der Waals surface area contributed by atoms with E-state index in [1.807, 2.05) is 6.07 Å². The molecule has 2 aliphatic carbocycles. The van der Waals surface area contributed by atoms with E-state index in [-0.39, 0.29) is 10.8 Å². The average molecular weight is 335 g/mol. The minimum Gasteiger partial charge on any atom is -0.205 e. The van der Waals surface area contributed by atoms with Crippen LogP contribution in [0.15, 0.2) is 30.4 Å². The highest BCUT2D eigenvalue weighted by Gasteiger charge is 2.35. The molecule has 0 aromatic heterocycles. The van der Waals surface area contributed by atoms with Crippen LogP contribution in [-0.2, 0) is 0 Å². The molecule has 23 heavy (non-hydrogen) atoms. The van der Waals surface area contributed by atoms with Crippen LogP contribution >= 0.6 is 11.6 Å². The minimum atomic E-state index is -0.265. The molecule has 0 heterocycles. The maximum atomic E-state index is 13.7. The van der Waals surface area contributed by atoms with Crippen LogP contribution in [0.5, 0.6) is 0 Å². The molecule has 0 amide bonds. The molecule has 4 unspecified atom stereocenters. The van der Waals surface area contributed by atoms with Gasteiger partial charge in [-0.2, -0.15) is 0 Å². The summed E-state index contributed by atoms with van der Waals surface area (Å²) >= 11 is 5.82.